The van der Waals surface area contributed by atoms with Gasteiger partial charge in [0.2, 0.25) is 5.91 Å². The zero-order valence-electron chi connectivity index (χ0n) is 11.6. The molecule has 0 aromatic rings. The molecule has 3 heteroatoms. The molecule has 0 aliphatic rings. The van der Waals surface area contributed by atoms with E-state index < -0.39 is 0 Å². The molecule has 2 atom stereocenters. The first-order valence-corrected chi connectivity index (χ1v) is 6.24. The van der Waals surface area contributed by atoms with Crippen molar-refractivity contribution in [2.45, 2.75) is 53.5 Å². The number of nitrogens with two attached hydrogens (primary N) is 1. The summed E-state index contributed by atoms with van der Waals surface area (Å²) >= 11 is 0. The van der Waals surface area contributed by atoms with Gasteiger partial charge in [0.05, 0.1) is 5.54 Å². The molecule has 0 spiro atoms. The summed E-state index contributed by atoms with van der Waals surface area (Å²) in [6, 6.07) is 0. The third-order valence-corrected chi connectivity index (χ3v) is 3.77. The smallest absolute Gasteiger partial charge is 0.220 e. The van der Waals surface area contributed by atoms with Crippen LogP contribution in [0.2, 0.25) is 0 Å². The lowest BCUT2D eigenvalue weighted by Gasteiger charge is -2.34. The summed E-state index contributed by atoms with van der Waals surface area (Å²) < 4.78 is 0. The Balaban J connectivity index is 4.33. The van der Waals surface area contributed by atoms with E-state index in [9.17, 15) is 4.79 Å². The Hall–Kier alpha value is -0.570. The fourth-order valence-corrected chi connectivity index (χ4v) is 1.33. The van der Waals surface area contributed by atoms with E-state index in [4.69, 9.17) is 5.73 Å². The SMILES string of the molecule is CC(C)C(C)CC(=O)NC(C)(CN)C(C)C. The van der Waals surface area contributed by atoms with Gasteiger partial charge in [-0.3, -0.25) is 4.79 Å². The number of hydrogen-bond acceptors (Lipinski definition) is 2. The third-order valence-electron chi connectivity index (χ3n) is 3.77. The molecule has 0 aromatic heterocycles. The molecular weight excluding hydrogens is 200 g/mol. The van der Waals surface area contributed by atoms with Crippen LogP contribution in [0.5, 0.6) is 0 Å². The molecule has 0 aromatic carbocycles. The van der Waals surface area contributed by atoms with Crippen LogP contribution in [-0.4, -0.2) is 18.0 Å². The molecule has 0 saturated heterocycles. The zero-order chi connectivity index (χ0) is 12.9. The molecule has 0 radical (unpaired) electrons. The van der Waals surface area contributed by atoms with Crippen LogP contribution in [-0.2, 0) is 4.79 Å². The van der Waals surface area contributed by atoms with Crippen molar-refractivity contribution in [3.63, 3.8) is 0 Å². The van der Waals surface area contributed by atoms with Crippen molar-refractivity contribution < 1.29 is 4.79 Å². The number of carbonyl (C=O) groups excluding carboxylic acids is 1. The van der Waals surface area contributed by atoms with E-state index in [1.165, 1.54) is 0 Å². The minimum Gasteiger partial charge on any atom is -0.349 e. The lowest BCUT2D eigenvalue weighted by Crippen LogP contribution is -2.55. The van der Waals surface area contributed by atoms with Crippen LogP contribution in [0.1, 0.15) is 48.0 Å². The van der Waals surface area contributed by atoms with Crippen molar-refractivity contribution >= 4 is 5.91 Å². The Morgan fingerprint density at radius 2 is 1.75 bits per heavy atom. The number of nitrogens with one attached hydrogen (secondary N) is 1. The fourth-order valence-electron chi connectivity index (χ4n) is 1.33. The second-order valence-electron chi connectivity index (χ2n) is 5.75. The van der Waals surface area contributed by atoms with Crippen LogP contribution in [0.4, 0.5) is 0 Å². The van der Waals surface area contributed by atoms with E-state index in [1.54, 1.807) is 0 Å². The minimum atomic E-state index is -0.284. The van der Waals surface area contributed by atoms with Crippen LogP contribution in [0, 0.1) is 17.8 Å². The summed E-state index contributed by atoms with van der Waals surface area (Å²) in [6.45, 7) is 13.0. The van der Waals surface area contributed by atoms with Crippen molar-refractivity contribution in [2.75, 3.05) is 6.54 Å². The Bertz CT molecular complexity index is 226. The molecule has 96 valence electrons. The highest BCUT2D eigenvalue weighted by atomic mass is 16.1. The first-order chi connectivity index (χ1) is 7.23. The first kappa shape index (κ1) is 15.4. The van der Waals surface area contributed by atoms with Crippen molar-refractivity contribution in [1.82, 2.24) is 5.32 Å². The molecule has 0 rings (SSSR count). The van der Waals surface area contributed by atoms with Gasteiger partial charge >= 0.3 is 0 Å². The third kappa shape index (κ3) is 4.52. The maximum Gasteiger partial charge on any atom is 0.220 e. The van der Waals surface area contributed by atoms with Crippen LogP contribution >= 0.6 is 0 Å². The zero-order valence-corrected chi connectivity index (χ0v) is 11.6. The van der Waals surface area contributed by atoms with E-state index in [0.29, 0.717) is 30.7 Å². The average Bonchev–Trinajstić information content (AvgIpc) is 2.16. The van der Waals surface area contributed by atoms with E-state index in [2.05, 4.69) is 39.9 Å². The molecule has 0 bridgehead atoms. The van der Waals surface area contributed by atoms with E-state index in [-0.39, 0.29) is 11.4 Å². The highest BCUT2D eigenvalue weighted by Crippen LogP contribution is 2.18. The standard InChI is InChI=1S/C13H28N2O/c1-9(2)11(5)7-12(16)15-13(6,8-14)10(3)4/h9-11H,7-8,14H2,1-6H3,(H,15,16). The molecule has 0 aliphatic carbocycles. The van der Waals surface area contributed by atoms with E-state index in [0.717, 1.165) is 0 Å². The Morgan fingerprint density at radius 3 is 2.06 bits per heavy atom. The number of hydrogen-bond donors (Lipinski definition) is 2. The van der Waals surface area contributed by atoms with Crippen molar-refractivity contribution in [3.05, 3.63) is 0 Å². The van der Waals surface area contributed by atoms with E-state index >= 15 is 0 Å². The molecule has 3 nitrogen and oxygen atoms in total. The molecule has 0 heterocycles. The second-order valence-corrected chi connectivity index (χ2v) is 5.75. The van der Waals surface area contributed by atoms with Gasteiger partial charge in [-0.2, -0.15) is 0 Å². The second kappa shape index (κ2) is 6.24. The molecule has 2 unspecified atom stereocenters. The molecule has 0 fully saturated rings. The van der Waals surface area contributed by atoms with Gasteiger partial charge in [0.25, 0.3) is 0 Å². The largest absolute Gasteiger partial charge is 0.349 e. The summed E-state index contributed by atoms with van der Waals surface area (Å²) in [5, 5.41) is 3.06. The van der Waals surface area contributed by atoms with Gasteiger partial charge in [-0.15, -0.1) is 0 Å². The van der Waals surface area contributed by atoms with Crippen LogP contribution in [0.25, 0.3) is 0 Å². The summed E-state index contributed by atoms with van der Waals surface area (Å²) in [4.78, 5) is 11.9. The molecular formula is C13H28N2O. The average molecular weight is 228 g/mol. The Labute approximate surface area is 100 Å². The van der Waals surface area contributed by atoms with E-state index in [1.807, 2.05) is 6.92 Å². The molecule has 1 amide bonds. The lowest BCUT2D eigenvalue weighted by atomic mass is 9.87. The fraction of sp³-hybridized carbons (Fsp3) is 0.923. The maximum absolute atomic E-state index is 11.9. The van der Waals surface area contributed by atoms with Crippen molar-refractivity contribution in [2.24, 2.45) is 23.5 Å². The topological polar surface area (TPSA) is 55.1 Å². The molecule has 0 aliphatic heterocycles. The normalized spacial score (nSPS) is 17.3. The monoisotopic (exact) mass is 228 g/mol. The van der Waals surface area contributed by atoms with Gasteiger partial charge in [0.1, 0.15) is 0 Å². The number of carbonyl (C=O) groups is 1. The molecule has 3 N–H and O–H groups in total. The summed E-state index contributed by atoms with van der Waals surface area (Å²) in [5.74, 6) is 1.40. The van der Waals surface area contributed by atoms with Gasteiger partial charge < -0.3 is 11.1 Å². The van der Waals surface area contributed by atoms with Crippen LogP contribution in [0.3, 0.4) is 0 Å². The van der Waals surface area contributed by atoms with Crippen molar-refractivity contribution in [1.29, 1.82) is 0 Å². The van der Waals surface area contributed by atoms with Gasteiger partial charge in [-0.25, -0.2) is 0 Å². The number of amides is 1. The Morgan fingerprint density at radius 1 is 1.25 bits per heavy atom. The predicted molar refractivity (Wildman–Crippen MR) is 69.1 cm³/mol. The Kier molecular flexibility index (Phi) is 6.01. The highest BCUT2D eigenvalue weighted by molar-refractivity contribution is 5.77. The maximum atomic E-state index is 11.9. The van der Waals surface area contributed by atoms with Gasteiger partial charge in [0, 0.05) is 13.0 Å². The molecule has 0 saturated carbocycles. The van der Waals surface area contributed by atoms with Gasteiger partial charge in [-0.1, -0.05) is 34.6 Å². The predicted octanol–water partition coefficient (Wildman–Crippen LogP) is 2.16. The van der Waals surface area contributed by atoms with Crippen LogP contribution in [0.15, 0.2) is 0 Å². The van der Waals surface area contributed by atoms with Gasteiger partial charge in [-0.05, 0) is 24.7 Å². The first-order valence-electron chi connectivity index (χ1n) is 6.24. The highest BCUT2D eigenvalue weighted by Gasteiger charge is 2.28. The lowest BCUT2D eigenvalue weighted by molar-refractivity contribution is -0.124. The van der Waals surface area contributed by atoms with Gasteiger partial charge in [0.15, 0.2) is 0 Å². The summed E-state index contributed by atoms with van der Waals surface area (Å²) in [6.07, 6.45) is 0.583. The summed E-state index contributed by atoms with van der Waals surface area (Å²) in [7, 11) is 0. The van der Waals surface area contributed by atoms with Crippen LogP contribution < -0.4 is 11.1 Å². The number of rotatable bonds is 6. The minimum absolute atomic E-state index is 0.114. The van der Waals surface area contributed by atoms with Crippen molar-refractivity contribution in [3.8, 4) is 0 Å². The summed E-state index contributed by atoms with van der Waals surface area (Å²) in [5.41, 5.74) is 5.45. The quantitative estimate of drug-likeness (QED) is 0.732. The molecule has 16 heavy (non-hydrogen) atoms.